The highest BCUT2D eigenvalue weighted by Gasteiger charge is 2.34. The Balaban J connectivity index is 1.67. The molecule has 0 spiro atoms. The van der Waals surface area contributed by atoms with Gasteiger partial charge in [0.1, 0.15) is 11.4 Å². The van der Waals surface area contributed by atoms with Gasteiger partial charge in [-0.25, -0.2) is 10.1 Å². The van der Waals surface area contributed by atoms with Crippen LogP contribution < -0.4 is 4.90 Å². The van der Waals surface area contributed by atoms with Crippen LogP contribution in [-0.2, 0) is 16.8 Å². The smallest absolute Gasteiger partial charge is 0.265 e. The van der Waals surface area contributed by atoms with Crippen LogP contribution in [0, 0.1) is 17.9 Å². The third-order valence-electron chi connectivity index (χ3n) is 6.57. The van der Waals surface area contributed by atoms with Gasteiger partial charge in [0.15, 0.2) is 0 Å². The van der Waals surface area contributed by atoms with E-state index in [2.05, 4.69) is 60.9 Å². The second-order valence-electron chi connectivity index (χ2n) is 10.2. The Kier molecular flexibility index (Phi) is 6.36. The lowest BCUT2D eigenvalue weighted by Crippen LogP contribution is -2.44. The summed E-state index contributed by atoms with van der Waals surface area (Å²) >= 11 is 0. The van der Waals surface area contributed by atoms with Gasteiger partial charge in [0.05, 0.1) is 12.6 Å². The molecule has 2 aromatic rings. The van der Waals surface area contributed by atoms with Crippen molar-refractivity contribution in [3.05, 3.63) is 106 Å². The Morgan fingerprint density at radius 2 is 1.94 bits per heavy atom. The molecule has 1 unspecified atom stereocenters. The van der Waals surface area contributed by atoms with E-state index in [1.165, 1.54) is 11.3 Å². The maximum absolute atomic E-state index is 9.49. The zero-order valence-corrected chi connectivity index (χ0v) is 20.4. The lowest BCUT2D eigenvalue weighted by molar-refractivity contribution is 0.0143. The summed E-state index contributed by atoms with van der Waals surface area (Å²) in [5, 5.41) is 9.49. The minimum absolute atomic E-state index is 0.0965. The molecule has 0 aliphatic carbocycles. The van der Waals surface area contributed by atoms with Crippen LogP contribution in [-0.4, -0.2) is 12.1 Å². The first-order valence-corrected chi connectivity index (χ1v) is 11.8. The number of hydrogen-bond donors (Lipinski definition) is 0. The highest BCUT2D eigenvalue weighted by molar-refractivity contribution is 5.64. The normalized spacial score (nSPS) is 21.7. The molecule has 0 fully saturated rings. The number of nitriles is 1. The van der Waals surface area contributed by atoms with Crippen molar-refractivity contribution in [2.45, 2.75) is 58.1 Å². The fraction of sp³-hybridized carbons (Fsp3) is 0.333. The highest BCUT2D eigenvalue weighted by Crippen LogP contribution is 2.40. The van der Waals surface area contributed by atoms with Crippen molar-refractivity contribution in [2.75, 3.05) is 11.4 Å². The average molecular weight is 450 g/mol. The first-order chi connectivity index (χ1) is 16.2. The molecule has 2 heterocycles. The van der Waals surface area contributed by atoms with Crippen LogP contribution in [0.2, 0.25) is 0 Å². The molecule has 0 N–H and O–H groups in total. The summed E-state index contributed by atoms with van der Waals surface area (Å²) in [4.78, 5) is 5.95. The summed E-state index contributed by atoms with van der Waals surface area (Å²) in [6.07, 6.45) is 8.55. The van der Waals surface area contributed by atoms with Crippen molar-refractivity contribution < 1.29 is 4.74 Å². The van der Waals surface area contributed by atoms with Crippen molar-refractivity contribution >= 4 is 11.8 Å². The molecule has 2 aromatic carbocycles. The summed E-state index contributed by atoms with van der Waals surface area (Å²) < 4.78 is 6.45. The van der Waals surface area contributed by atoms with Gasteiger partial charge in [-0.1, -0.05) is 42.5 Å². The van der Waals surface area contributed by atoms with E-state index in [-0.39, 0.29) is 11.2 Å². The molecule has 2 aliphatic heterocycles. The monoisotopic (exact) mass is 449 g/mol. The van der Waals surface area contributed by atoms with Crippen LogP contribution in [0.1, 0.15) is 57.2 Å². The number of nitrogens with zero attached hydrogens (tertiary/aromatic N) is 3. The predicted octanol–water partition coefficient (Wildman–Crippen LogP) is 7.17. The number of allylic oxidation sites excluding steroid dienone is 3. The van der Waals surface area contributed by atoms with Crippen LogP contribution in [0.25, 0.3) is 10.9 Å². The lowest BCUT2D eigenvalue weighted by atomic mass is 9.85. The molecule has 0 saturated carbocycles. The molecular formula is C30H31N3O. The largest absolute Gasteiger partial charge is 0.483 e. The van der Waals surface area contributed by atoms with Crippen molar-refractivity contribution in [1.29, 1.82) is 5.26 Å². The second kappa shape index (κ2) is 9.24. The Morgan fingerprint density at radius 3 is 2.62 bits per heavy atom. The van der Waals surface area contributed by atoms with E-state index in [0.29, 0.717) is 17.8 Å². The van der Waals surface area contributed by atoms with Gasteiger partial charge in [-0.3, -0.25) is 0 Å². The molecule has 4 rings (SSSR count). The maximum Gasteiger partial charge on any atom is 0.265 e. The molecule has 34 heavy (non-hydrogen) atoms. The molecule has 0 radical (unpaired) electrons. The molecule has 172 valence electrons. The zero-order chi connectivity index (χ0) is 24.3. The van der Waals surface area contributed by atoms with Gasteiger partial charge in [0.25, 0.3) is 5.70 Å². The molecular weight excluding hydrogens is 418 g/mol. The van der Waals surface area contributed by atoms with Gasteiger partial charge in [0, 0.05) is 24.2 Å². The van der Waals surface area contributed by atoms with Gasteiger partial charge in [-0.2, -0.15) is 0 Å². The van der Waals surface area contributed by atoms with E-state index in [9.17, 15) is 5.26 Å². The standard InChI is InChI=1S/C30H31N3O/c1-29(2,3)33-17-9-10-23-18-22(14-16-28(23)33)13-15-26-19-24(27(21-31)32-5)20-30(4,34-26)25-11-7-6-8-12-25/h6-8,11-16,18-19H,9-10,17,20H2,1-4H3/b15-13+,27-24+. The zero-order valence-electron chi connectivity index (χ0n) is 20.4. The van der Waals surface area contributed by atoms with Gasteiger partial charge in [0.2, 0.25) is 0 Å². The molecule has 4 nitrogen and oxygen atoms in total. The summed E-state index contributed by atoms with van der Waals surface area (Å²) in [6.45, 7) is 17.3. The fourth-order valence-corrected chi connectivity index (χ4v) is 4.86. The Bertz CT molecular complexity index is 1230. The molecule has 0 aromatic heterocycles. The summed E-state index contributed by atoms with van der Waals surface area (Å²) in [5.74, 6) is 0.651. The quantitative estimate of drug-likeness (QED) is 0.368. The van der Waals surface area contributed by atoms with Crippen molar-refractivity contribution in [3.63, 3.8) is 0 Å². The van der Waals surface area contributed by atoms with Gasteiger partial charge >= 0.3 is 0 Å². The molecule has 0 saturated heterocycles. The number of rotatable bonds is 3. The SMILES string of the molecule is [C-]#[N+]/C(C#N)=C1C=C(/C=C/c2ccc3c(c2)CCCN3C(C)(C)C)OC(C)(c2ccccc2)C\1. The van der Waals surface area contributed by atoms with E-state index in [4.69, 9.17) is 11.3 Å². The van der Waals surface area contributed by atoms with Crippen LogP contribution in [0.4, 0.5) is 5.69 Å². The summed E-state index contributed by atoms with van der Waals surface area (Å²) in [5.41, 5.74) is 5.10. The van der Waals surface area contributed by atoms with Gasteiger partial charge in [-0.15, -0.1) is 0 Å². The Morgan fingerprint density at radius 1 is 1.18 bits per heavy atom. The topological polar surface area (TPSA) is 40.6 Å². The molecule has 2 aliphatic rings. The fourth-order valence-electron chi connectivity index (χ4n) is 4.86. The third kappa shape index (κ3) is 4.78. The van der Waals surface area contributed by atoms with E-state index in [0.717, 1.165) is 30.5 Å². The first kappa shape index (κ1) is 23.4. The van der Waals surface area contributed by atoms with Gasteiger partial charge in [-0.05, 0) is 87.1 Å². The van der Waals surface area contributed by atoms with E-state index >= 15 is 0 Å². The number of benzene rings is 2. The van der Waals surface area contributed by atoms with Crippen LogP contribution >= 0.6 is 0 Å². The lowest BCUT2D eigenvalue weighted by Gasteiger charge is -2.41. The van der Waals surface area contributed by atoms with Crippen LogP contribution in [0.5, 0.6) is 0 Å². The maximum atomic E-state index is 9.49. The van der Waals surface area contributed by atoms with E-state index in [1.807, 2.05) is 49.4 Å². The summed E-state index contributed by atoms with van der Waals surface area (Å²) in [6, 6.07) is 18.7. The number of hydrogen-bond acceptors (Lipinski definition) is 3. The molecule has 0 amide bonds. The number of anilines is 1. The number of ether oxygens (including phenoxy) is 1. The number of aryl methyl sites for hydroxylation is 1. The minimum Gasteiger partial charge on any atom is -0.483 e. The molecule has 4 heteroatoms. The van der Waals surface area contributed by atoms with E-state index < -0.39 is 5.60 Å². The number of fused-ring (bicyclic) bond motifs is 1. The minimum atomic E-state index is -0.652. The highest BCUT2D eigenvalue weighted by atomic mass is 16.5. The third-order valence-corrected chi connectivity index (χ3v) is 6.57. The predicted molar refractivity (Wildman–Crippen MR) is 138 cm³/mol. The Hall–Kier alpha value is -3.76. The average Bonchev–Trinajstić information content (AvgIpc) is 2.83. The van der Waals surface area contributed by atoms with Crippen molar-refractivity contribution in [1.82, 2.24) is 0 Å². The molecule has 1 atom stereocenters. The van der Waals surface area contributed by atoms with Crippen LogP contribution in [0.15, 0.2) is 77.7 Å². The first-order valence-electron chi connectivity index (χ1n) is 11.8. The second-order valence-corrected chi connectivity index (χ2v) is 10.2. The summed E-state index contributed by atoms with van der Waals surface area (Å²) in [7, 11) is 0. The van der Waals surface area contributed by atoms with Crippen molar-refractivity contribution in [3.8, 4) is 6.07 Å². The van der Waals surface area contributed by atoms with Gasteiger partial charge < -0.3 is 9.64 Å². The van der Waals surface area contributed by atoms with E-state index in [1.54, 1.807) is 0 Å². The Labute approximate surface area is 203 Å². The van der Waals surface area contributed by atoms with Crippen molar-refractivity contribution in [2.24, 2.45) is 0 Å². The van der Waals surface area contributed by atoms with Crippen LogP contribution in [0.3, 0.4) is 0 Å². The molecule has 0 bridgehead atoms.